The lowest BCUT2D eigenvalue weighted by atomic mass is 9.79. The minimum absolute atomic E-state index is 0.194. The van der Waals surface area contributed by atoms with Gasteiger partial charge in [-0.1, -0.05) is 55.2 Å². The zero-order valence-corrected chi connectivity index (χ0v) is 13.6. The largest absolute Gasteiger partial charge is 0.377 e. The second-order valence-corrected chi connectivity index (χ2v) is 7.10. The number of nitrogens with zero attached hydrogens (tertiary/aromatic N) is 1. The summed E-state index contributed by atoms with van der Waals surface area (Å²) < 4.78 is 0. The first-order valence-electron chi connectivity index (χ1n) is 8.63. The monoisotopic (exact) mass is 305 g/mol. The van der Waals surface area contributed by atoms with Crippen LogP contribution in [0.4, 0.5) is 0 Å². The molecule has 23 heavy (non-hydrogen) atoms. The number of fused-ring (bicyclic) bond motifs is 2. The smallest absolute Gasteiger partial charge is 0.131 e. The number of hydrogen-bond acceptors (Lipinski definition) is 2. The summed E-state index contributed by atoms with van der Waals surface area (Å²) >= 11 is 0. The fourth-order valence-corrected chi connectivity index (χ4v) is 4.11. The average Bonchev–Trinajstić information content (AvgIpc) is 3.00. The van der Waals surface area contributed by atoms with Gasteiger partial charge in [-0.3, -0.25) is 4.90 Å². The van der Waals surface area contributed by atoms with E-state index in [0.717, 1.165) is 23.9 Å². The van der Waals surface area contributed by atoms with E-state index < -0.39 is 5.60 Å². The topological polar surface area (TPSA) is 23.5 Å². The van der Waals surface area contributed by atoms with E-state index in [9.17, 15) is 5.11 Å². The van der Waals surface area contributed by atoms with Crippen molar-refractivity contribution in [2.75, 3.05) is 13.1 Å². The standard InChI is InChI=1S/C21H23NO/c1-16-15-22-13-5-9-19(22)14-21(16,23)12-11-18-8-4-7-17-6-2-3-10-20(17)18/h2-4,6-8,10,16,19,23H,5,9,13-15H2,1H3/t16-,19+,21-/m0/s1. The third kappa shape index (κ3) is 2.65. The zero-order valence-electron chi connectivity index (χ0n) is 13.6. The van der Waals surface area contributed by atoms with E-state index in [1.807, 2.05) is 24.3 Å². The molecule has 0 bridgehead atoms. The first-order chi connectivity index (χ1) is 11.2. The Balaban J connectivity index is 1.68. The first kappa shape index (κ1) is 14.8. The summed E-state index contributed by atoms with van der Waals surface area (Å²) in [7, 11) is 0. The van der Waals surface area contributed by atoms with Crippen molar-refractivity contribution in [3.8, 4) is 11.8 Å². The van der Waals surface area contributed by atoms with Gasteiger partial charge in [0, 0.05) is 30.5 Å². The molecule has 118 valence electrons. The molecule has 2 aromatic carbocycles. The van der Waals surface area contributed by atoms with Crippen LogP contribution in [0.25, 0.3) is 10.8 Å². The Kier molecular flexibility index (Phi) is 3.64. The van der Waals surface area contributed by atoms with E-state index in [2.05, 4.69) is 41.9 Å². The number of piperidine rings is 1. The van der Waals surface area contributed by atoms with Gasteiger partial charge in [0.25, 0.3) is 0 Å². The van der Waals surface area contributed by atoms with Crippen LogP contribution >= 0.6 is 0 Å². The summed E-state index contributed by atoms with van der Waals surface area (Å²) in [5.74, 6) is 6.73. The highest BCUT2D eigenvalue weighted by Gasteiger charge is 2.44. The molecular weight excluding hydrogens is 282 g/mol. The van der Waals surface area contributed by atoms with Gasteiger partial charge in [0.2, 0.25) is 0 Å². The molecule has 2 saturated heterocycles. The Morgan fingerprint density at radius 2 is 2.00 bits per heavy atom. The molecule has 2 heteroatoms. The lowest BCUT2D eigenvalue weighted by Crippen LogP contribution is -2.52. The van der Waals surface area contributed by atoms with Crippen molar-refractivity contribution >= 4 is 10.8 Å². The van der Waals surface area contributed by atoms with Gasteiger partial charge in [-0.2, -0.15) is 0 Å². The van der Waals surface area contributed by atoms with E-state index in [1.165, 1.54) is 24.8 Å². The highest BCUT2D eigenvalue weighted by Crippen LogP contribution is 2.36. The number of hydrogen-bond donors (Lipinski definition) is 1. The molecule has 0 unspecified atom stereocenters. The van der Waals surface area contributed by atoms with Gasteiger partial charge in [-0.25, -0.2) is 0 Å². The normalized spacial score (nSPS) is 30.7. The lowest BCUT2D eigenvalue weighted by molar-refractivity contribution is -0.0348. The SMILES string of the molecule is C[C@H]1CN2CCC[C@@H]2C[C@@]1(O)C#Cc1cccc2ccccc12. The number of rotatable bonds is 0. The van der Waals surface area contributed by atoms with Crippen LogP contribution in [0.3, 0.4) is 0 Å². The van der Waals surface area contributed by atoms with Crippen LogP contribution in [0.2, 0.25) is 0 Å². The molecule has 0 saturated carbocycles. The Labute approximate surface area is 138 Å². The van der Waals surface area contributed by atoms with Crippen molar-refractivity contribution in [2.45, 2.75) is 37.8 Å². The average molecular weight is 305 g/mol. The van der Waals surface area contributed by atoms with E-state index in [-0.39, 0.29) is 5.92 Å². The molecule has 0 spiro atoms. The summed E-state index contributed by atoms with van der Waals surface area (Å²) in [6.45, 7) is 4.28. The summed E-state index contributed by atoms with van der Waals surface area (Å²) in [6, 6.07) is 15.0. The molecule has 1 N–H and O–H groups in total. The maximum atomic E-state index is 11.1. The molecule has 2 aromatic rings. The molecule has 4 rings (SSSR count). The van der Waals surface area contributed by atoms with Crippen molar-refractivity contribution in [3.05, 3.63) is 48.0 Å². The van der Waals surface area contributed by atoms with Gasteiger partial charge in [-0.05, 0) is 36.2 Å². The highest BCUT2D eigenvalue weighted by atomic mass is 16.3. The van der Waals surface area contributed by atoms with Crippen molar-refractivity contribution in [1.82, 2.24) is 4.90 Å². The van der Waals surface area contributed by atoms with Crippen LogP contribution < -0.4 is 0 Å². The van der Waals surface area contributed by atoms with Crippen LogP contribution in [0, 0.1) is 17.8 Å². The van der Waals surface area contributed by atoms with E-state index in [0.29, 0.717) is 6.04 Å². The summed E-state index contributed by atoms with van der Waals surface area (Å²) in [6.07, 6.45) is 3.24. The molecular formula is C21H23NO. The molecule has 0 radical (unpaired) electrons. The van der Waals surface area contributed by atoms with Crippen molar-refractivity contribution in [2.24, 2.45) is 5.92 Å². The van der Waals surface area contributed by atoms with E-state index >= 15 is 0 Å². The van der Waals surface area contributed by atoms with E-state index in [1.54, 1.807) is 0 Å². The number of benzene rings is 2. The van der Waals surface area contributed by atoms with Crippen molar-refractivity contribution < 1.29 is 5.11 Å². The minimum atomic E-state index is -0.859. The highest BCUT2D eigenvalue weighted by molar-refractivity contribution is 5.88. The molecule has 0 amide bonds. The molecule has 2 heterocycles. The molecule has 3 atom stereocenters. The molecule has 2 fully saturated rings. The summed E-state index contributed by atoms with van der Waals surface area (Å²) in [5, 5.41) is 13.5. The van der Waals surface area contributed by atoms with Crippen LogP contribution in [0.15, 0.2) is 42.5 Å². The zero-order chi connectivity index (χ0) is 15.9. The quantitative estimate of drug-likeness (QED) is 0.754. The van der Waals surface area contributed by atoms with Crippen LogP contribution in [0.5, 0.6) is 0 Å². The van der Waals surface area contributed by atoms with Gasteiger partial charge in [-0.15, -0.1) is 0 Å². The lowest BCUT2D eigenvalue weighted by Gasteiger charge is -2.42. The predicted molar refractivity (Wildman–Crippen MR) is 94.2 cm³/mol. The Morgan fingerprint density at radius 1 is 1.17 bits per heavy atom. The second-order valence-electron chi connectivity index (χ2n) is 7.10. The molecule has 2 aliphatic heterocycles. The van der Waals surface area contributed by atoms with Crippen LogP contribution in [-0.2, 0) is 0 Å². The molecule has 0 aliphatic carbocycles. The fourth-order valence-electron chi connectivity index (χ4n) is 4.11. The minimum Gasteiger partial charge on any atom is -0.377 e. The fraction of sp³-hybridized carbons (Fsp3) is 0.429. The molecule has 2 nitrogen and oxygen atoms in total. The van der Waals surface area contributed by atoms with Gasteiger partial charge in [0.15, 0.2) is 0 Å². The predicted octanol–water partition coefficient (Wildman–Crippen LogP) is 3.43. The van der Waals surface area contributed by atoms with E-state index in [4.69, 9.17) is 0 Å². The van der Waals surface area contributed by atoms with Crippen LogP contribution in [-0.4, -0.2) is 34.7 Å². The van der Waals surface area contributed by atoms with Gasteiger partial charge in [0.05, 0.1) is 0 Å². The Morgan fingerprint density at radius 3 is 2.91 bits per heavy atom. The molecule has 2 aliphatic rings. The van der Waals surface area contributed by atoms with Crippen molar-refractivity contribution in [1.29, 1.82) is 0 Å². The third-order valence-electron chi connectivity index (χ3n) is 5.57. The Bertz CT molecular complexity index is 782. The summed E-state index contributed by atoms with van der Waals surface area (Å²) in [4.78, 5) is 2.53. The van der Waals surface area contributed by atoms with Gasteiger partial charge in [0.1, 0.15) is 5.60 Å². The third-order valence-corrected chi connectivity index (χ3v) is 5.57. The maximum absolute atomic E-state index is 11.1. The second kappa shape index (κ2) is 5.67. The Hall–Kier alpha value is -1.82. The number of aliphatic hydroxyl groups is 1. The summed E-state index contributed by atoms with van der Waals surface area (Å²) in [5.41, 5.74) is 0.153. The van der Waals surface area contributed by atoms with Crippen LogP contribution in [0.1, 0.15) is 31.7 Å². The maximum Gasteiger partial charge on any atom is 0.131 e. The molecule has 0 aromatic heterocycles. The van der Waals surface area contributed by atoms with Crippen molar-refractivity contribution in [3.63, 3.8) is 0 Å². The van der Waals surface area contributed by atoms with Gasteiger partial charge >= 0.3 is 0 Å². The van der Waals surface area contributed by atoms with Gasteiger partial charge < -0.3 is 5.11 Å². The first-order valence-corrected chi connectivity index (χ1v) is 8.63.